The summed E-state index contributed by atoms with van der Waals surface area (Å²) in [4.78, 5) is 56.8. The van der Waals surface area contributed by atoms with Crippen LogP contribution < -0.4 is 5.32 Å². The van der Waals surface area contributed by atoms with E-state index in [9.17, 15) is 36.0 Å². The quantitative estimate of drug-likeness (QED) is 0.0470. The van der Waals surface area contributed by atoms with Gasteiger partial charge in [-0.3, -0.25) is 9.59 Å². The molecule has 2 fully saturated rings. The Kier molecular flexibility index (Phi) is 22.6. The van der Waals surface area contributed by atoms with E-state index in [4.69, 9.17) is 9.47 Å². The van der Waals surface area contributed by atoms with E-state index in [1.54, 1.807) is 4.90 Å². The third-order valence-electron chi connectivity index (χ3n) is 13.6. The smallest absolute Gasteiger partial charge is 0.328 e. The van der Waals surface area contributed by atoms with Crippen LogP contribution in [0.2, 0.25) is 0 Å². The van der Waals surface area contributed by atoms with Crippen LogP contribution in [0.25, 0.3) is 0 Å². The largest absolute Gasteiger partial charge is 0.467 e. The number of likely N-dealkylation sites (tertiary alicyclic amines) is 2. The lowest BCUT2D eigenvalue weighted by molar-refractivity contribution is -0.151. The van der Waals surface area contributed by atoms with Crippen molar-refractivity contribution in [3.8, 4) is 0 Å². The highest BCUT2D eigenvalue weighted by Gasteiger charge is 2.47. The Hall–Kier alpha value is -6.69. The van der Waals surface area contributed by atoms with Crippen LogP contribution in [0.4, 0.5) is 0 Å². The van der Waals surface area contributed by atoms with Gasteiger partial charge in [0.25, 0.3) is 0 Å². The molecule has 2 heterocycles. The Bertz CT molecular complexity index is 2930. The molecule has 77 heavy (non-hydrogen) atoms. The predicted molar refractivity (Wildman–Crippen MR) is 301 cm³/mol. The number of nitrogens with zero attached hydrogens (tertiary/aromatic N) is 3. The predicted octanol–water partition coefficient (Wildman–Crippen LogP) is 8.22. The number of hydrogen-bond donors (Lipinski definition) is 1. The molecule has 0 bridgehead atoms. The number of hydrogen-bond acceptors (Lipinski definition) is 11. The molecule has 4 atom stereocenters. The summed E-state index contributed by atoms with van der Waals surface area (Å²) in [5.41, 5.74) is 5.89. The number of carbonyl (C=O) groups excluding carboxylic acids is 4. The third kappa shape index (κ3) is 17.9. The van der Waals surface area contributed by atoms with E-state index in [0.29, 0.717) is 25.9 Å². The summed E-state index contributed by atoms with van der Waals surface area (Å²) in [5, 5.41) is 3.56. The minimum atomic E-state index is -3.59. The highest BCUT2D eigenvalue weighted by Crippen LogP contribution is 2.34. The van der Waals surface area contributed by atoms with Crippen LogP contribution in [0.3, 0.4) is 0 Å². The van der Waals surface area contributed by atoms with Crippen molar-refractivity contribution in [3.63, 3.8) is 0 Å². The van der Waals surface area contributed by atoms with Gasteiger partial charge in [-0.2, -0.15) is 4.31 Å². The van der Waals surface area contributed by atoms with E-state index in [1.807, 2.05) is 158 Å². The standard InChI is InChI=1S/C30H34N2O5S.C29H32N2O3.CH3ClO2S/c1-37-30(34)27-21-26(32(38(2,35)36)20-12-15-23-13-6-3-7-14-23)22-31(27)29(33)28(24-16-8-4-9-17-24)25-18-10-5-11-19-25;1-34-29(33)26-20-25(30-19-11-14-22-12-5-2-6-13-22)21-31(26)28(32)27(23-15-7-3-8-16-23)24-17-9-4-10-18-24;1-5(2,3)4/h3-11,13-14,16-19,26-28H,12,15,20-22H2,1-2H3;2-10,12-13,15-18,25-27,30H,11,14,19-21H2,1H3;1H3/t26-,27-;25-,26-;/m00./s1. The molecule has 6 aromatic carbocycles. The number of methoxy groups -OCH3 is 2. The molecule has 1 N–H and O–H groups in total. The molecule has 2 aliphatic rings. The zero-order valence-corrected chi connectivity index (χ0v) is 46.4. The average Bonchev–Trinajstić information content (AvgIpc) is 4.09. The summed E-state index contributed by atoms with van der Waals surface area (Å²) in [5.74, 6) is -2.32. The van der Waals surface area contributed by atoms with Gasteiger partial charge in [-0.15, -0.1) is 0 Å². The number of aryl methyl sites for hydroxylation is 2. The van der Waals surface area contributed by atoms with Crippen LogP contribution in [0, 0.1) is 0 Å². The minimum Gasteiger partial charge on any atom is -0.467 e. The normalized spacial score (nSPS) is 17.2. The lowest BCUT2D eigenvalue weighted by Crippen LogP contribution is -2.45. The van der Waals surface area contributed by atoms with Gasteiger partial charge in [-0.25, -0.2) is 26.4 Å². The van der Waals surface area contributed by atoms with Crippen LogP contribution in [0.1, 0.15) is 70.9 Å². The second-order valence-electron chi connectivity index (χ2n) is 19.1. The first-order valence-corrected chi connectivity index (χ1v) is 30.2. The Morgan fingerprint density at radius 2 is 0.883 bits per heavy atom. The van der Waals surface area contributed by atoms with Crippen molar-refractivity contribution in [2.24, 2.45) is 0 Å². The van der Waals surface area contributed by atoms with Gasteiger partial charge in [0.15, 0.2) is 0 Å². The molecule has 408 valence electrons. The summed E-state index contributed by atoms with van der Waals surface area (Å²) >= 11 is 0. The van der Waals surface area contributed by atoms with E-state index >= 15 is 0 Å². The van der Waals surface area contributed by atoms with E-state index in [2.05, 4.69) is 40.3 Å². The molecule has 6 aromatic rings. The molecule has 0 spiro atoms. The topological polar surface area (TPSA) is 177 Å². The number of sulfonamides is 1. The molecule has 0 unspecified atom stereocenters. The van der Waals surface area contributed by atoms with Crippen molar-refractivity contribution in [1.82, 2.24) is 19.4 Å². The highest BCUT2D eigenvalue weighted by atomic mass is 35.7. The molecule has 0 saturated carbocycles. The van der Waals surface area contributed by atoms with Gasteiger partial charge < -0.3 is 24.6 Å². The maximum atomic E-state index is 14.1. The molecule has 0 radical (unpaired) electrons. The number of esters is 2. The Labute approximate surface area is 458 Å². The summed E-state index contributed by atoms with van der Waals surface area (Å²) in [6.07, 6.45) is 6.20. The Morgan fingerprint density at radius 1 is 0.545 bits per heavy atom. The van der Waals surface area contributed by atoms with E-state index in [-0.39, 0.29) is 36.8 Å². The number of rotatable bonds is 19. The Morgan fingerprint density at radius 3 is 1.25 bits per heavy atom. The first-order valence-electron chi connectivity index (χ1n) is 25.6. The van der Waals surface area contributed by atoms with Crippen molar-refractivity contribution >= 4 is 53.5 Å². The number of amides is 2. The van der Waals surface area contributed by atoms with E-state index in [1.165, 1.54) is 35.2 Å². The zero-order chi connectivity index (χ0) is 55.4. The second kappa shape index (κ2) is 29.2. The lowest BCUT2D eigenvalue weighted by atomic mass is 9.90. The third-order valence-corrected chi connectivity index (χ3v) is 14.9. The molecule has 2 aliphatic heterocycles. The van der Waals surface area contributed by atoms with E-state index in [0.717, 1.165) is 59.9 Å². The van der Waals surface area contributed by atoms with Crippen molar-refractivity contribution in [2.45, 2.75) is 74.5 Å². The fourth-order valence-electron chi connectivity index (χ4n) is 10.0. The molecule has 14 nitrogen and oxygen atoms in total. The second-order valence-corrected chi connectivity index (χ2v) is 24.1. The van der Waals surface area contributed by atoms with Gasteiger partial charge >= 0.3 is 11.9 Å². The monoisotopic (exact) mass is 1100 g/mol. The number of ether oxygens (including phenoxy) is 2. The fourth-order valence-corrected chi connectivity index (χ4v) is 11.2. The van der Waals surface area contributed by atoms with Gasteiger partial charge in [-0.1, -0.05) is 182 Å². The van der Waals surface area contributed by atoms with Crippen LogP contribution in [-0.2, 0) is 60.6 Å². The molecule has 8 rings (SSSR count). The highest BCUT2D eigenvalue weighted by molar-refractivity contribution is 8.13. The van der Waals surface area contributed by atoms with Gasteiger partial charge in [0.05, 0.1) is 38.6 Å². The van der Waals surface area contributed by atoms with Gasteiger partial charge in [-0.05, 0) is 78.5 Å². The molecule has 2 amide bonds. The van der Waals surface area contributed by atoms with E-state index < -0.39 is 55.0 Å². The maximum absolute atomic E-state index is 14.1. The van der Waals surface area contributed by atoms with Crippen LogP contribution in [0.15, 0.2) is 182 Å². The zero-order valence-electron chi connectivity index (χ0n) is 44.0. The van der Waals surface area contributed by atoms with Crippen LogP contribution in [0.5, 0.6) is 0 Å². The van der Waals surface area contributed by atoms with Crippen molar-refractivity contribution < 1.29 is 45.5 Å². The number of nitrogens with one attached hydrogen (secondary N) is 1. The number of carbonyl (C=O) groups is 4. The molecule has 2 saturated heterocycles. The van der Waals surface area contributed by atoms with Gasteiger partial charge in [0, 0.05) is 42.4 Å². The summed E-state index contributed by atoms with van der Waals surface area (Å²) < 4.78 is 56.1. The molecule has 17 heteroatoms. The minimum absolute atomic E-state index is 0.0519. The molecular formula is C60H69ClN4O10S2. The number of benzene rings is 6. The van der Waals surface area contributed by atoms with Crippen molar-refractivity contribution in [1.29, 1.82) is 0 Å². The maximum Gasteiger partial charge on any atom is 0.328 e. The Balaban J connectivity index is 0.000000230. The molecular weight excluding hydrogens is 1040 g/mol. The van der Waals surface area contributed by atoms with Crippen molar-refractivity contribution in [3.05, 3.63) is 215 Å². The van der Waals surface area contributed by atoms with Crippen LogP contribution >= 0.6 is 10.7 Å². The first kappa shape index (κ1) is 59.6. The van der Waals surface area contributed by atoms with Gasteiger partial charge in [0.1, 0.15) is 12.1 Å². The molecule has 0 aliphatic carbocycles. The van der Waals surface area contributed by atoms with Crippen molar-refractivity contribution in [2.75, 3.05) is 52.9 Å². The lowest BCUT2D eigenvalue weighted by Gasteiger charge is -2.29. The fraction of sp³-hybridized carbons (Fsp3) is 0.333. The first-order chi connectivity index (χ1) is 37.0. The summed E-state index contributed by atoms with van der Waals surface area (Å²) in [7, 11) is 0.395. The number of halogens is 1. The summed E-state index contributed by atoms with van der Waals surface area (Å²) in [6, 6.07) is 56.8. The van der Waals surface area contributed by atoms with Crippen LogP contribution in [-0.4, -0.2) is 132 Å². The van der Waals surface area contributed by atoms with Gasteiger partial charge in [0.2, 0.25) is 30.9 Å². The molecule has 0 aromatic heterocycles. The SMILES string of the molecule is COC(=O)[C@@H]1C[C@H](N(CCCc2ccccc2)S(C)(=O)=O)CN1C(=O)C(c1ccccc1)c1ccccc1.COC(=O)[C@@H]1C[C@H](NCCCc2ccccc2)CN1C(=O)C(c1ccccc1)c1ccccc1.CS(=O)(=O)Cl. The summed E-state index contributed by atoms with van der Waals surface area (Å²) in [6.45, 7) is 1.73. The average molecular weight is 1110 g/mol.